The quantitative estimate of drug-likeness (QED) is 0.206. The molecular weight excluding hydrogens is 562 g/mol. The lowest BCUT2D eigenvalue weighted by molar-refractivity contribution is 0.0635. The summed E-state index contributed by atoms with van der Waals surface area (Å²) in [5.74, 6) is 0.573. The van der Waals surface area contributed by atoms with Gasteiger partial charge >= 0.3 is 6.09 Å². The maximum Gasteiger partial charge on any atom is 0.412 e. The van der Waals surface area contributed by atoms with E-state index < -0.39 is 17.7 Å². The topological polar surface area (TPSA) is 83.7 Å². The van der Waals surface area contributed by atoms with E-state index in [-0.39, 0.29) is 5.91 Å². The van der Waals surface area contributed by atoms with Gasteiger partial charge in [0.05, 0.1) is 7.11 Å². The van der Waals surface area contributed by atoms with Crippen molar-refractivity contribution in [2.45, 2.75) is 39.0 Å². The molecule has 0 radical (unpaired) electrons. The molecule has 1 aliphatic heterocycles. The second-order valence-corrected chi connectivity index (χ2v) is 12.0. The standard InChI is InChI=1S/C35H32ClN3O4/c1-35(2,3)43-34(41)37-26-14-11-21(12-15-26)22-9-10-24-20-39(33(40)27(24)17-22)32(28-19-25(36)13-16-31(28)42-4)30-18-23-7-5-6-8-29(23)38-30/h5-19,32,38H,20H2,1-4H3,(H,37,41)/t32-/m1/s1. The van der Waals surface area contributed by atoms with E-state index in [0.717, 1.165) is 38.9 Å². The van der Waals surface area contributed by atoms with Crippen LogP contribution in [0.25, 0.3) is 22.0 Å². The molecule has 8 heteroatoms. The highest BCUT2D eigenvalue weighted by atomic mass is 35.5. The first-order valence-electron chi connectivity index (χ1n) is 14.0. The molecule has 0 bridgehead atoms. The third-order valence-corrected chi connectivity index (χ3v) is 7.68. The fourth-order valence-electron chi connectivity index (χ4n) is 5.54. The fraction of sp³-hybridized carbons (Fsp3) is 0.200. The normalized spacial score (nSPS) is 13.6. The van der Waals surface area contributed by atoms with Gasteiger partial charge < -0.3 is 19.4 Å². The van der Waals surface area contributed by atoms with Crippen molar-refractivity contribution >= 4 is 40.2 Å². The second kappa shape index (κ2) is 11.2. The lowest BCUT2D eigenvalue weighted by Gasteiger charge is -2.29. The molecule has 0 aliphatic carbocycles. The minimum Gasteiger partial charge on any atom is -0.496 e. The highest BCUT2D eigenvalue weighted by Crippen LogP contribution is 2.41. The Hall–Kier alpha value is -4.75. The van der Waals surface area contributed by atoms with Crippen LogP contribution in [0.15, 0.2) is 91.0 Å². The molecule has 5 aromatic rings. The van der Waals surface area contributed by atoms with Crippen LogP contribution in [0.3, 0.4) is 0 Å². The van der Waals surface area contributed by atoms with E-state index in [1.807, 2.05) is 105 Å². The molecule has 0 saturated carbocycles. The Labute approximate surface area is 255 Å². The molecule has 4 aromatic carbocycles. The molecule has 6 rings (SSSR count). The maximum absolute atomic E-state index is 14.1. The third-order valence-electron chi connectivity index (χ3n) is 7.45. The number of halogens is 1. The van der Waals surface area contributed by atoms with Gasteiger partial charge in [-0.05, 0) is 91.4 Å². The highest BCUT2D eigenvalue weighted by Gasteiger charge is 2.37. The molecule has 2 amide bonds. The Morgan fingerprint density at radius 2 is 1.70 bits per heavy atom. The van der Waals surface area contributed by atoms with E-state index in [4.69, 9.17) is 21.1 Å². The summed E-state index contributed by atoms with van der Waals surface area (Å²) >= 11 is 6.47. The van der Waals surface area contributed by atoms with Crippen LogP contribution in [0.2, 0.25) is 5.02 Å². The minimum absolute atomic E-state index is 0.0780. The van der Waals surface area contributed by atoms with Gasteiger partial charge in [-0.15, -0.1) is 0 Å². The first kappa shape index (κ1) is 28.4. The van der Waals surface area contributed by atoms with Gasteiger partial charge in [0.2, 0.25) is 0 Å². The van der Waals surface area contributed by atoms with Crippen molar-refractivity contribution in [2.24, 2.45) is 0 Å². The van der Waals surface area contributed by atoms with Crippen molar-refractivity contribution in [1.29, 1.82) is 0 Å². The summed E-state index contributed by atoms with van der Waals surface area (Å²) in [6.45, 7) is 5.89. The van der Waals surface area contributed by atoms with Gasteiger partial charge in [-0.25, -0.2) is 4.79 Å². The molecule has 218 valence electrons. The molecule has 2 heterocycles. The van der Waals surface area contributed by atoms with Crippen molar-refractivity contribution in [3.05, 3.63) is 118 Å². The Balaban J connectivity index is 1.32. The Morgan fingerprint density at radius 1 is 0.953 bits per heavy atom. The van der Waals surface area contributed by atoms with Crippen LogP contribution in [-0.4, -0.2) is 34.6 Å². The van der Waals surface area contributed by atoms with E-state index in [2.05, 4.69) is 16.4 Å². The average Bonchev–Trinajstić information content (AvgIpc) is 3.53. The Morgan fingerprint density at radius 3 is 2.42 bits per heavy atom. The van der Waals surface area contributed by atoms with Gasteiger partial charge in [0.25, 0.3) is 5.91 Å². The number of para-hydroxylation sites is 1. The van der Waals surface area contributed by atoms with E-state index in [1.165, 1.54) is 0 Å². The number of anilines is 1. The number of amides is 2. The summed E-state index contributed by atoms with van der Waals surface area (Å²) < 4.78 is 11.1. The number of aromatic nitrogens is 1. The number of rotatable bonds is 6. The lowest BCUT2D eigenvalue weighted by Crippen LogP contribution is -2.30. The van der Waals surface area contributed by atoms with Crippen molar-refractivity contribution < 1.29 is 19.1 Å². The summed E-state index contributed by atoms with van der Waals surface area (Å²) in [7, 11) is 1.62. The number of nitrogens with one attached hydrogen (secondary N) is 2. The summed E-state index contributed by atoms with van der Waals surface area (Å²) in [6.07, 6.45) is -0.510. The van der Waals surface area contributed by atoms with Crippen LogP contribution < -0.4 is 10.1 Å². The molecule has 43 heavy (non-hydrogen) atoms. The molecule has 0 fully saturated rings. The van der Waals surface area contributed by atoms with Crippen molar-refractivity contribution in [3.8, 4) is 16.9 Å². The Bertz CT molecular complexity index is 1810. The van der Waals surface area contributed by atoms with Gasteiger partial charge in [-0.2, -0.15) is 0 Å². The summed E-state index contributed by atoms with van der Waals surface area (Å²) in [4.78, 5) is 31.7. The summed E-state index contributed by atoms with van der Waals surface area (Å²) in [5, 5.41) is 4.37. The third kappa shape index (κ3) is 5.81. The molecule has 0 unspecified atom stereocenters. The van der Waals surface area contributed by atoms with Crippen LogP contribution in [-0.2, 0) is 11.3 Å². The number of methoxy groups -OCH3 is 1. The van der Waals surface area contributed by atoms with E-state index in [9.17, 15) is 9.59 Å². The largest absolute Gasteiger partial charge is 0.496 e. The van der Waals surface area contributed by atoms with Crippen LogP contribution in [0.5, 0.6) is 5.75 Å². The van der Waals surface area contributed by atoms with E-state index in [1.54, 1.807) is 13.2 Å². The first-order valence-corrected chi connectivity index (χ1v) is 14.4. The number of carbonyl (C=O) groups is 2. The van der Waals surface area contributed by atoms with E-state index >= 15 is 0 Å². The molecule has 1 atom stereocenters. The number of nitrogens with zero attached hydrogens (tertiary/aromatic N) is 1. The predicted octanol–water partition coefficient (Wildman–Crippen LogP) is 8.59. The van der Waals surface area contributed by atoms with Gasteiger partial charge in [-0.1, -0.05) is 54.1 Å². The number of H-pyrrole nitrogens is 1. The summed E-state index contributed by atoms with van der Waals surface area (Å²) in [5.41, 5.74) is 6.12. The zero-order chi connectivity index (χ0) is 30.3. The molecule has 2 N–H and O–H groups in total. The smallest absolute Gasteiger partial charge is 0.412 e. The molecule has 1 aliphatic rings. The van der Waals surface area contributed by atoms with Crippen molar-refractivity contribution in [1.82, 2.24) is 9.88 Å². The van der Waals surface area contributed by atoms with E-state index in [0.29, 0.717) is 28.6 Å². The van der Waals surface area contributed by atoms with Crippen LogP contribution in [0.4, 0.5) is 10.5 Å². The number of hydrogen-bond donors (Lipinski definition) is 2. The van der Waals surface area contributed by atoms with Gasteiger partial charge in [0.1, 0.15) is 17.4 Å². The number of ether oxygens (including phenoxy) is 2. The van der Waals surface area contributed by atoms with Crippen LogP contribution >= 0.6 is 11.6 Å². The SMILES string of the molecule is COc1ccc(Cl)cc1[C@H](c1cc2ccccc2[nH]1)N1Cc2ccc(-c3ccc(NC(=O)OC(C)(C)C)cc3)cc2C1=O. The predicted molar refractivity (Wildman–Crippen MR) is 170 cm³/mol. The maximum atomic E-state index is 14.1. The lowest BCUT2D eigenvalue weighted by atomic mass is 10.00. The second-order valence-electron chi connectivity index (χ2n) is 11.6. The molecule has 0 saturated heterocycles. The highest BCUT2D eigenvalue weighted by molar-refractivity contribution is 6.30. The molecule has 1 aromatic heterocycles. The first-order chi connectivity index (χ1) is 20.6. The summed E-state index contributed by atoms with van der Waals surface area (Å²) in [6, 6.07) is 28.6. The van der Waals surface area contributed by atoms with Gasteiger partial charge in [0, 0.05) is 39.6 Å². The zero-order valence-corrected chi connectivity index (χ0v) is 25.2. The molecular formula is C35H32ClN3O4. The number of hydrogen-bond acceptors (Lipinski definition) is 4. The van der Waals surface area contributed by atoms with Crippen LogP contribution in [0, 0.1) is 0 Å². The number of benzene rings is 4. The number of aromatic amines is 1. The van der Waals surface area contributed by atoms with Crippen LogP contribution in [0.1, 0.15) is 54.0 Å². The van der Waals surface area contributed by atoms with Crippen molar-refractivity contribution in [3.63, 3.8) is 0 Å². The molecule has 0 spiro atoms. The number of carbonyl (C=O) groups excluding carboxylic acids is 2. The average molecular weight is 594 g/mol. The Kier molecular flexibility index (Phi) is 7.36. The fourth-order valence-corrected chi connectivity index (χ4v) is 5.72. The molecule has 7 nitrogen and oxygen atoms in total. The minimum atomic E-state index is -0.583. The number of fused-ring (bicyclic) bond motifs is 2. The van der Waals surface area contributed by atoms with Gasteiger partial charge in [-0.3, -0.25) is 10.1 Å². The zero-order valence-electron chi connectivity index (χ0n) is 24.4. The monoisotopic (exact) mass is 593 g/mol. The van der Waals surface area contributed by atoms with Gasteiger partial charge in [0.15, 0.2) is 0 Å². The van der Waals surface area contributed by atoms with Crippen molar-refractivity contribution in [2.75, 3.05) is 12.4 Å².